The first kappa shape index (κ1) is 20.3. The van der Waals surface area contributed by atoms with Gasteiger partial charge < -0.3 is 15.4 Å². The fourth-order valence-electron chi connectivity index (χ4n) is 4.40. The van der Waals surface area contributed by atoms with Gasteiger partial charge in [-0.15, -0.1) is 11.3 Å². The summed E-state index contributed by atoms with van der Waals surface area (Å²) in [7, 11) is 1.57. The van der Waals surface area contributed by atoms with Crippen LogP contribution in [0.4, 0.5) is 21.9 Å². The lowest BCUT2D eigenvalue weighted by atomic mass is 9.88. The molecule has 0 unspecified atom stereocenters. The predicted molar refractivity (Wildman–Crippen MR) is 128 cm³/mol. The van der Waals surface area contributed by atoms with E-state index >= 15 is 0 Å². The van der Waals surface area contributed by atoms with Crippen LogP contribution in [0, 0.1) is 0 Å². The average molecular weight is 446 g/mol. The van der Waals surface area contributed by atoms with E-state index in [-0.39, 0.29) is 11.8 Å². The number of carbonyl (C=O) groups excluding carboxylic acids is 2. The molecule has 6 nitrogen and oxygen atoms in total. The number of benzene rings is 2. The standard InChI is InChI=1S/C25H23N3O3S/c1-31-21-13-5-3-9-17(21)27-25(30)28-19-11-4-2-8-16(19)26-18-10-6-12-20(29)23(18)24(28)22-14-7-15-32-22/h2-5,7-9,11,13-15,24,26H,6,10,12H2,1H3,(H,27,30)/t24-/m0/s1. The van der Waals surface area contributed by atoms with Crippen molar-refractivity contribution < 1.29 is 14.3 Å². The van der Waals surface area contributed by atoms with Crippen molar-refractivity contribution in [3.63, 3.8) is 0 Å². The van der Waals surface area contributed by atoms with Gasteiger partial charge in [-0.25, -0.2) is 4.79 Å². The van der Waals surface area contributed by atoms with Crippen LogP contribution in [0.25, 0.3) is 0 Å². The molecule has 162 valence electrons. The number of rotatable bonds is 3. The number of carbonyl (C=O) groups is 2. The lowest BCUT2D eigenvalue weighted by Crippen LogP contribution is -2.40. The number of ether oxygens (including phenoxy) is 1. The summed E-state index contributed by atoms with van der Waals surface area (Å²) in [4.78, 5) is 29.7. The van der Waals surface area contributed by atoms with E-state index in [0.717, 1.165) is 34.8 Å². The minimum atomic E-state index is -0.511. The summed E-state index contributed by atoms with van der Waals surface area (Å²) >= 11 is 1.55. The van der Waals surface area contributed by atoms with Crippen LogP contribution < -0.4 is 20.3 Å². The summed E-state index contributed by atoms with van der Waals surface area (Å²) in [5.74, 6) is 0.656. The number of amides is 2. The second kappa shape index (κ2) is 8.51. The number of hydrogen-bond acceptors (Lipinski definition) is 5. The molecule has 2 N–H and O–H groups in total. The molecule has 0 saturated carbocycles. The Morgan fingerprint density at radius 3 is 2.72 bits per heavy atom. The van der Waals surface area contributed by atoms with Crippen molar-refractivity contribution in [1.82, 2.24) is 0 Å². The van der Waals surface area contributed by atoms with Crippen LogP contribution in [0.5, 0.6) is 5.75 Å². The number of ketones is 1. The fourth-order valence-corrected chi connectivity index (χ4v) is 5.22. The number of fused-ring (bicyclic) bond motifs is 1. The number of urea groups is 1. The maximum atomic E-state index is 13.8. The molecule has 2 aliphatic rings. The van der Waals surface area contributed by atoms with E-state index in [0.29, 0.717) is 23.4 Å². The number of nitrogens with zero attached hydrogens (tertiary/aromatic N) is 1. The summed E-state index contributed by atoms with van der Waals surface area (Å²) in [5.41, 5.74) is 3.68. The average Bonchev–Trinajstić information content (AvgIpc) is 3.29. The van der Waals surface area contributed by atoms with Crippen molar-refractivity contribution in [2.75, 3.05) is 22.6 Å². The van der Waals surface area contributed by atoms with Gasteiger partial charge in [0.15, 0.2) is 5.78 Å². The largest absolute Gasteiger partial charge is 0.495 e. The Morgan fingerprint density at radius 2 is 1.91 bits per heavy atom. The Hall–Kier alpha value is -3.58. The van der Waals surface area contributed by atoms with Crippen molar-refractivity contribution in [2.24, 2.45) is 0 Å². The first-order chi connectivity index (χ1) is 15.7. The lowest BCUT2D eigenvalue weighted by Gasteiger charge is -2.33. The predicted octanol–water partition coefficient (Wildman–Crippen LogP) is 5.97. The summed E-state index contributed by atoms with van der Waals surface area (Å²) in [6.45, 7) is 0. The molecule has 5 rings (SSSR count). The highest BCUT2D eigenvalue weighted by Crippen LogP contribution is 2.46. The van der Waals surface area contributed by atoms with Gasteiger partial charge in [-0.3, -0.25) is 9.69 Å². The third-order valence-corrected chi connectivity index (χ3v) is 6.74. The second-order valence-electron chi connectivity index (χ2n) is 7.73. The van der Waals surface area contributed by atoms with Crippen LogP contribution in [0.2, 0.25) is 0 Å². The minimum Gasteiger partial charge on any atom is -0.495 e. The number of anilines is 3. The third kappa shape index (κ3) is 3.54. The van der Waals surface area contributed by atoms with Crippen molar-refractivity contribution in [3.05, 3.63) is 82.2 Å². The summed E-state index contributed by atoms with van der Waals surface area (Å²) in [6.07, 6.45) is 2.07. The lowest BCUT2D eigenvalue weighted by molar-refractivity contribution is -0.116. The molecule has 2 heterocycles. The molecular weight excluding hydrogens is 422 g/mol. The minimum absolute atomic E-state index is 0.0834. The number of Topliss-reactive ketones (excluding diaryl/α,β-unsaturated/α-hetero) is 1. The van der Waals surface area contributed by atoms with Gasteiger partial charge in [0.25, 0.3) is 0 Å². The molecular formula is C25H23N3O3S. The van der Waals surface area contributed by atoms with Gasteiger partial charge in [0.1, 0.15) is 11.8 Å². The van der Waals surface area contributed by atoms with Gasteiger partial charge in [0.2, 0.25) is 0 Å². The maximum absolute atomic E-state index is 13.8. The van der Waals surface area contributed by atoms with E-state index in [2.05, 4.69) is 10.6 Å². The van der Waals surface area contributed by atoms with Crippen LogP contribution in [-0.4, -0.2) is 18.9 Å². The van der Waals surface area contributed by atoms with Gasteiger partial charge in [0.05, 0.1) is 24.2 Å². The second-order valence-corrected chi connectivity index (χ2v) is 8.71. The highest BCUT2D eigenvalue weighted by Gasteiger charge is 2.40. The van der Waals surface area contributed by atoms with Crippen LogP contribution in [0.15, 0.2) is 77.3 Å². The Bertz CT molecular complexity index is 1200. The van der Waals surface area contributed by atoms with Gasteiger partial charge in [0, 0.05) is 22.6 Å². The molecule has 1 atom stereocenters. The Morgan fingerprint density at radius 1 is 1.09 bits per heavy atom. The molecule has 0 saturated heterocycles. The molecule has 0 fully saturated rings. The molecule has 32 heavy (non-hydrogen) atoms. The molecule has 3 aromatic rings. The van der Waals surface area contributed by atoms with Crippen LogP contribution >= 0.6 is 11.3 Å². The number of allylic oxidation sites excluding steroid dienone is 1. The van der Waals surface area contributed by atoms with Crippen molar-refractivity contribution in [3.8, 4) is 5.75 Å². The summed E-state index contributed by atoms with van der Waals surface area (Å²) < 4.78 is 5.42. The maximum Gasteiger partial charge on any atom is 0.327 e. The SMILES string of the molecule is COc1ccccc1NC(=O)N1c2ccccc2NC2=C(C(=O)CCC2)[C@@H]1c1cccs1. The third-order valence-electron chi connectivity index (χ3n) is 5.82. The molecule has 1 aromatic heterocycles. The highest BCUT2D eigenvalue weighted by molar-refractivity contribution is 7.10. The van der Waals surface area contributed by atoms with Gasteiger partial charge >= 0.3 is 6.03 Å². The number of nitrogens with one attached hydrogen (secondary N) is 2. The van der Waals surface area contributed by atoms with E-state index in [4.69, 9.17) is 4.74 Å². The van der Waals surface area contributed by atoms with E-state index in [1.807, 2.05) is 53.9 Å². The quantitative estimate of drug-likeness (QED) is 0.521. The number of thiophene rings is 1. The van der Waals surface area contributed by atoms with Gasteiger partial charge in [-0.05, 0) is 48.6 Å². The Kier molecular flexibility index (Phi) is 5.41. The molecule has 0 spiro atoms. The smallest absolute Gasteiger partial charge is 0.327 e. The molecule has 2 aromatic carbocycles. The Balaban J connectivity index is 1.67. The number of methoxy groups -OCH3 is 1. The molecule has 1 aliphatic carbocycles. The zero-order chi connectivity index (χ0) is 22.1. The topological polar surface area (TPSA) is 70.7 Å². The molecule has 7 heteroatoms. The fraction of sp³-hybridized carbons (Fsp3) is 0.200. The first-order valence-electron chi connectivity index (χ1n) is 10.6. The summed E-state index contributed by atoms with van der Waals surface area (Å²) in [5, 5.41) is 8.45. The van der Waals surface area contributed by atoms with E-state index in [1.165, 1.54) is 0 Å². The van der Waals surface area contributed by atoms with Crippen LogP contribution in [0.1, 0.15) is 30.2 Å². The van der Waals surface area contributed by atoms with Gasteiger partial charge in [-0.2, -0.15) is 0 Å². The summed E-state index contributed by atoms with van der Waals surface area (Å²) in [6, 6.07) is 18.1. The first-order valence-corrected chi connectivity index (χ1v) is 11.4. The zero-order valence-electron chi connectivity index (χ0n) is 17.6. The molecule has 2 amide bonds. The molecule has 0 radical (unpaired) electrons. The molecule has 0 bridgehead atoms. The number of para-hydroxylation sites is 4. The van der Waals surface area contributed by atoms with Crippen LogP contribution in [-0.2, 0) is 4.79 Å². The van der Waals surface area contributed by atoms with Crippen molar-refractivity contribution >= 4 is 40.2 Å². The van der Waals surface area contributed by atoms with E-state index in [9.17, 15) is 9.59 Å². The zero-order valence-corrected chi connectivity index (χ0v) is 18.4. The highest BCUT2D eigenvalue weighted by atomic mass is 32.1. The normalized spacial score (nSPS) is 17.7. The molecule has 1 aliphatic heterocycles. The van der Waals surface area contributed by atoms with Crippen LogP contribution in [0.3, 0.4) is 0 Å². The number of hydrogen-bond donors (Lipinski definition) is 2. The Labute approximate surface area is 190 Å². The monoisotopic (exact) mass is 445 g/mol. The van der Waals surface area contributed by atoms with Crippen molar-refractivity contribution in [2.45, 2.75) is 25.3 Å². The van der Waals surface area contributed by atoms with E-state index in [1.54, 1.807) is 35.5 Å². The van der Waals surface area contributed by atoms with Crippen molar-refractivity contribution in [1.29, 1.82) is 0 Å². The van der Waals surface area contributed by atoms with Gasteiger partial charge in [-0.1, -0.05) is 30.3 Å². The van der Waals surface area contributed by atoms with E-state index < -0.39 is 6.04 Å².